The Morgan fingerprint density at radius 2 is 1.69 bits per heavy atom. The number of rotatable bonds is 4. The molecule has 1 aromatic carbocycles. The molecule has 5 nitrogen and oxygen atoms in total. The summed E-state index contributed by atoms with van der Waals surface area (Å²) in [5.74, 6) is -2.21. The molecule has 0 radical (unpaired) electrons. The second kappa shape index (κ2) is 8.36. The zero-order chi connectivity index (χ0) is 22.3. The van der Waals surface area contributed by atoms with Crippen molar-refractivity contribution in [3.63, 3.8) is 0 Å². The number of likely N-dealkylation sites (tertiary alicyclic amines) is 1. The number of carbonyl (C=O) groups is 1. The molecule has 0 bridgehead atoms. The van der Waals surface area contributed by atoms with Crippen molar-refractivity contribution < 1.29 is 18.3 Å². The Hall–Kier alpha value is -2.09. The Kier molecular flexibility index (Phi) is 5.68. The first-order valence-electron chi connectivity index (χ1n) is 11.1. The third-order valence-corrected chi connectivity index (χ3v) is 7.27. The van der Waals surface area contributed by atoms with E-state index in [2.05, 4.69) is 9.88 Å². The maximum atomic E-state index is 14.3. The van der Waals surface area contributed by atoms with E-state index in [1.807, 2.05) is 12.1 Å². The number of morpholine rings is 1. The van der Waals surface area contributed by atoms with Gasteiger partial charge in [0.15, 0.2) is 0 Å². The van der Waals surface area contributed by atoms with Gasteiger partial charge in [0.05, 0.1) is 35.0 Å². The number of piperidine rings is 1. The van der Waals surface area contributed by atoms with E-state index in [1.54, 1.807) is 11.1 Å². The minimum atomic E-state index is -0.816. The lowest BCUT2D eigenvalue weighted by molar-refractivity contribution is -0.179. The quantitative estimate of drug-likeness (QED) is 0.688. The van der Waals surface area contributed by atoms with Gasteiger partial charge in [-0.2, -0.15) is 0 Å². The number of halogens is 3. The lowest BCUT2D eigenvalue weighted by Gasteiger charge is -2.50. The fraction of sp³-hybridized carbons (Fsp3) is 0.500. The highest BCUT2D eigenvalue weighted by Gasteiger charge is 2.57. The van der Waals surface area contributed by atoms with E-state index >= 15 is 0 Å². The summed E-state index contributed by atoms with van der Waals surface area (Å²) in [4.78, 5) is 21.4. The molecule has 8 heteroatoms. The van der Waals surface area contributed by atoms with Gasteiger partial charge >= 0.3 is 0 Å². The summed E-state index contributed by atoms with van der Waals surface area (Å²) in [6.45, 7) is 3.26. The minimum Gasteiger partial charge on any atom is -0.365 e. The lowest BCUT2D eigenvalue weighted by atomic mass is 9.87. The molecule has 32 heavy (non-hydrogen) atoms. The second-order valence-corrected chi connectivity index (χ2v) is 9.66. The van der Waals surface area contributed by atoms with Crippen LogP contribution >= 0.6 is 11.6 Å². The predicted molar refractivity (Wildman–Crippen MR) is 117 cm³/mol. The maximum absolute atomic E-state index is 14.3. The first-order valence-corrected chi connectivity index (χ1v) is 11.5. The monoisotopic (exact) mass is 461 g/mol. The molecule has 3 heterocycles. The van der Waals surface area contributed by atoms with Gasteiger partial charge < -0.3 is 14.5 Å². The number of benzene rings is 1. The molecule has 3 aliphatic rings. The van der Waals surface area contributed by atoms with Crippen LogP contribution in [0.5, 0.6) is 0 Å². The van der Waals surface area contributed by atoms with Crippen molar-refractivity contribution in [2.45, 2.75) is 43.3 Å². The van der Waals surface area contributed by atoms with Crippen molar-refractivity contribution in [2.75, 3.05) is 32.7 Å². The number of hydrogen-bond acceptors (Lipinski definition) is 4. The molecule has 2 aliphatic heterocycles. The molecule has 2 aromatic rings. The molecule has 2 spiro atoms. The van der Waals surface area contributed by atoms with Gasteiger partial charge in [0.2, 0.25) is 0 Å². The van der Waals surface area contributed by atoms with E-state index in [9.17, 15) is 13.6 Å². The summed E-state index contributed by atoms with van der Waals surface area (Å²) in [7, 11) is 0. The summed E-state index contributed by atoms with van der Waals surface area (Å²) >= 11 is 6.22. The molecule has 5 rings (SSSR count). The summed E-state index contributed by atoms with van der Waals surface area (Å²) in [5.41, 5.74) is -0.404. The Bertz CT molecular complexity index is 1000. The molecular weight excluding hydrogens is 436 g/mol. The molecule has 3 fully saturated rings. The van der Waals surface area contributed by atoms with E-state index in [4.69, 9.17) is 16.3 Å². The lowest BCUT2D eigenvalue weighted by Crippen LogP contribution is -2.61. The smallest absolute Gasteiger partial charge is 0.260 e. The standard InChI is InChI=1S/C24H26ClF2N3O2/c25-17-3-2-11-28-20(17)6-12-29-13-9-24(10-14-29)16-30(15-23(32-24)7-8-23)22(31)21-18(26)4-1-5-19(21)27/h1-5,11H,6-10,12-16H2. The topological polar surface area (TPSA) is 45.7 Å². The van der Waals surface area contributed by atoms with Crippen LogP contribution in [0.25, 0.3) is 0 Å². The number of amides is 1. The van der Waals surface area contributed by atoms with Crippen LogP contribution in [-0.4, -0.2) is 64.6 Å². The first kappa shape index (κ1) is 21.7. The third kappa shape index (κ3) is 4.26. The van der Waals surface area contributed by atoms with Crippen LogP contribution in [0.2, 0.25) is 5.02 Å². The summed E-state index contributed by atoms with van der Waals surface area (Å²) in [6, 6.07) is 7.21. The van der Waals surface area contributed by atoms with Crippen LogP contribution in [0.1, 0.15) is 41.7 Å². The van der Waals surface area contributed by atoms with Crippen LogP contribution in [0, 0.1) is 11.6 Å². The molecule has 170 valence electrons. The molecule has 0 N–H and O–H groups in total. The van der Waals surface area contributed by atoms with E-state index in [0.717, 1.165) is 69.6 Å². The highest BCUT2D eigenvalue weighted by Crippen LogP contribution is 2.49. The van der Waals surface area contributed by atoms with Gasteiger partial charge in [-0.15, -0.1) is 0 Å². The van der Waals surface area contributed by atoms with E-state index in [1.165, 1.54) is 6.07 Å². The van der Waals surface area contributed by atoms with Gasteiger partial charge in [-0.1, -0.05) is 17.7 Å². The van der Waals surface area contributed by atoms with Crippen LogP contribution in [0.3, 0.4) is 0 Å². The number of ether oxygens (including phenoxy) is 1. The van der Waals surface area contributed by atoms with Crippen molar-refractivity contribution in [3.05, 3.63) is 64.4 Å². The van der Waals surface area contributed by atoms with Crippen LogP contribution in [0.15, 0.2) is 36.5 Å². The van der Waals surface area contributed by atoms with Crippen LogP contribution in [0.4, 0.5) is 8.78 Å². The molecule has 1 amide bonds. The number of hydrogen-bond donors (Lipinski definition) is 0. The number of aromatic nitrogens is 1. The fourth-order valence-corrected chi connectivity index (χ4v) is 5.21. The number of carbonyl (C=O) groups excluding carboxylic acids is 1. The average Bonchev–Trinajstić information content (AvgIpc) is 3.51. The average molecular weight is 462 g/mol. The molecule has 2 saturated heterocycles. The predicted octanol–water partition coefficient (Wildman–Crippen LogP) is 4.10. The summed E-state index contributed by atoms with van der Waals surface area (Å²) < 4.78 is 35.1. The van der Waals surface area contributed by atoms with Gasteiger partial charge in [-0.3, -0.25) is 9.78 Å². The van der Waals surface area contributed by atoms with Crippen LogP contribution in [-0.2, 0) is 11.2 Å². The normalized spacial score (nSPS) is 21.8. The Labute approximate surface area is 191 Å². The fourth-order valence-electron chi connectivity index (χ4n) is 4.99. The SMILES string of the molecule is O=C(c1c(F)cccc1F)N1CC2(CCN(CCc3ncccc3Cl)CC2)OC2(CC2)C1. The summed E-state index contributed by atoms with van der Waals surface area (Å²) in [6.07, 6.45) is 5.82. The van der Waals surface area contributed by atoms with Crippen molar-refractivity contribution in [1.29, 1.82) is 0 Å². The zero-order valence-corrected chi connectivity index (χ0v) is 18.6. The summed E-state index contributed by atoms with van der Waals surface area (Å²) in [5, 5.41) is 0.682. The van der Waals surface area contributed by atoms with Crippen LogP contribution < -0.4 is 0 Å². The van der Waals surface area contributed by atoms with Crippen molar-refractivity contribution in [2.24, 2.45) is 0 Å². The van der Waals surface area contributed by atoms with Crippen molar-refractivity contribution in [3.8, 4) is 0 Å². The van der Waals surface area contributed by atoms with Crippen molar-refractivity contribution >= 4 is 17.5 Å². The van der Waals surface area contributed by atoms with Crippen molar-refractivity contribution in [1.82, 2.24) is 14.8 Å². The second-order valence-electron chi connectivity index (χ2n) is 9.25. The first-order chi connectivity index (χ1) is 15.4. The van der Waals surface area contributed by atoms with Gasteiger partial charge in [-0.05, 0) is 49.9 Å². The molecule has 0 atom stereocenters. The largest absolute Gasteiger partial charge is 0.365 e. The number of pyridine rings is 1. The maximum Gasteiger partial charge on any atom is 0.260 e. The van der Waals surface area contributed by atoms with E-state index < -0.39 is 28.7 Å². The van der Waals surface area contributed by atoms with Gasteiger partial charge in [0.25, 0.3) is 5.91 Å². The van der Waals surface area contributed by atoms with E-state index in [0.29, 0.717) is 18.1 Å². The molecule has 1 aromatic heterocycles. The number of nitrogens with zero attached hydrogens (tertiary/aromatic N) is 3. The van der Waals surface area contributed by atoms with Gasteiger partial charge in [0, 0.05) is 32.3 Å². The third-order valence-electron chi connectivity index (χ3n) is 6.93. The Morgan fingerprint density at radius 1 is 1.03 bits per heavy atom. The van der Waals surface area contributed by atoms with E-state index in [-0.39, 0.29) is 5.60 Å². The molecular formula is C24H26ClF2N3O2. The Morgan fingerprint density at radius 3 is 2.31 bits per heavy atom. The van der Waals surface area contributed by atoms with Gasteiger partial charge in [0.1, 0.15) is 17.2 Å². The van der Waals surface area contributed by atoms with Gasteiger partial charge in [-0.25, -0.2) is 8.78 Å². The highest BCUT2D eigenvalue weighted by atomic mass is 35.5. The molecule has 1 saturated carbocycles. The minimum absolute atomic E-state index is 0.362. The molecule has 0 unspecified atom stereocenters. The Balaban J connectivity index is 1.26. The molecule has 1 aliphatic carbocycles. The zero-order valence-electron chi connectivity index (χ0n) is 17.8. The highest BCUT2D eigenvalue weighted by molar-refractivity contribution is 6.31.